The molecule has 0 radical (unpaired) electrons. The van der Waals surface area contributed by atoms with E-state index in [-0.39, 0.29) is 10.1 Å². The Kier molecular flexibility index (Phi) is 6.19. The molecule has 8 heteroatoms. The molecule has 2 rings (SSSR count). The molecule has 5 nitrogen and oxygen atoms in total. The van der Waals surface area contributed by atoms with Crippen molar-refractivity contribution in [1.82, 2.24) is 4.72 Å². The summed E-state index contributed by atoms with van der Waals surface area (Å²) in [5, 5.41) is 4.46. The zero-order chi connectivity index (χ0) is 17.9. The Balaban J connectivity index is 2.19. The minimum atomic E-state index is -3.72. The van der Waals surface area contributed by atoms with Crippen LogP contribution < -0.4 is 10.0 Å². The lowest BCUT2D eigenvalue weighted by Crippen LogP contribution is -2.46. The molecule has 1 heterocycles. The lowest BCUT2D eigenvalue weighted by Gasteiger charge is -2.21. The summed E-state index contributed by atoms with van der Waals surface area (Å²) in [6, 6.07) is 7.84. The van der Waals surface area contributed by atoms with Gasteiger partial charge in [-0.25, -0.2) is 8.42 Å². The van der Waals surface area contributed by atoms with Gasteiger partial charge in [-0.2, -0.15) is 4.72 Å². The summed E-state index contributed by atoms with van der Waals surface area (Å²) < 4.78 is 28.2. The number of carbonyl (C=O) groups is 1. The fourth-order valence-corrected chi connectivity index (χ4v) is 5.01. The van der Waals surface area contributed by atoms with Gasteiger partial charge in [-0.1, -0.05) is 26.0 Å². The van der Waals surface area contributed by atoms with E-state index in [0.29, 0.717) is 5.69 Å². The van der Waals surface area contributed by atoms with Gasteiger partial charge in [-0.3, -0.25) is 4.79 Å². The summed E-state index contributed by atoms with van der Waals surface area (Å²) >= 11 is 4.52. The molecule has 0 aliphatic rings. The van der Waals surface area contributed by atoms with Gasteiger partial charge in [-0.05, 0) is 57.9 Å². The molecular weight excluding hydrogens is 412 g/mol. The average molecular weight is 431 g/mol. The third-order valence-electron chi connectivity index (χ3n) is 3.37. The number of hydrogen-bond donors (Lipinski definition) is 2. The summed E-state index contributed by atoms with van der Waals surface area (Å²) in [4.78, 5) is 12.6. The van der Waals surface area contributed by atoms with E-state index in [9.17, 15) is 13.2 Å². The van der Waals surface area contributed by atoms with Crippen molar-refractivity contribution >= 4 is 48.9 Å². The first kappa shape index (κ1) is 19.1. The molecule has 1 atom stereocenters. The molecule has 0 bridgehead atoms. The maximum absolute atomic E-state index is 12.6. The van der Waals surface area contributed by atoms with Gasteiger partial charge >= 0.3 is 0 Å². The molecule has 2 N–H and O–H groups in total. The van der Waals surface area contributed by atoms with Crippen LogP contribution in [0, 0.1) is 12.8 Å². The molecule has 0 fully saturated rings. The van der Waals surface area contributed by atoms with Crippen LogP contribution in [0.2, 0.25) is 0 Å². The van der Waals surface area contributed by atoms with Gasteiger partial charge < -0.3 is 5.32 Å². The van der Waals surface area contributed by atoms with Crippen LogP contribution in [0.25, 0.3) is 0 Å². The van der Waals surface area contributed by atoms with Crippen molar-refractivity contribution in [2.24, 2.45) is 5.92 Å². The minimum Gasteiger partial charge on any atom is -0.324 e. The first-order valence-electron chi connectivity index (χ1n) is 7.33. The maximum Gasteiger partial charge on any atom is 0.250 e. The van der Waals surface area contributed by atoms with Crippen LogP contribution >= 0.6 is 27.3 Å². The predicted octanol–water partition coefficient (Wildman–Crippen LogP) is 3.76. The molecule has 0 aliphatic carbocycles. The average Bonchev–Trinajstić information content (AvgIpc) is 3.02. The highest BCUT2D eigenvalue weighted by Gasteiger charge is 2.29. The van der Waals surface area contributed by atoms with E-state index in [2.05, 4.69) is 26.0 Å². The quantitative estimate of drug-likeness (QED) is 0.732. The highest BCUT2D eigenvalue weighted by atomic mass is 79.9. The van der Waals surface area contributed by atoms with Crippen molar-refractivity contribution in [3.05, 3.63) is 45.7 Å². The highest BCUT2D eigenvalue weighted by Crippen LogP contribution is 2.24. The summed E-state index contributed by atoms with van der Waals surface area (Å²) in [5.74, 6) is -0.598. The third kappa shape index (κ3) is 4.66. The number of anilines is 1. The molecule has 1 aromatic heterocycles. The van der Waals surface area contributed by atoms with E-state index in [1.807, 2.05) is 19.1 Å². The Morgan fingerprint density at radius 1 is 1.25 bits per heavy atom. The van der Waals surface area contributed by atoms with Gasteiger partial charge in [0.1, 0.15) is 10.3 Å². The van der Waals surface area contributed by atoms with Gasteiger partial charge in [0.2, 0.25) is 5.91 Å². The van der Waals surface area contributed by atoms with Gasteiger partial charge in [0.05, 0.1) is 5.69 Å². The number of amides is 1. The number of rotatable bonds is 6. The SMILES string of the molecule is Cc1ccc(NC(=O)C(NS(=O)(=O)c2cccs2)C(C)C)c(Br)c1. The number of thiophene rings is 1. The second kappa shape index (κ2) is 7.77. The van der Waals surface area contributed by atoms with Crippen molar-refractivity contribution in [2.45, 2.75) is 31.0 Å². The van der Waals surface area contributed by atoms with Crippen molar-refractivity contribution in [3.8, 4) is 0 Å². The Bertz CT molecular complexity index is 818. The predicted molar refractivity (Wildman–Crippen MR) is 101 cm³/mol. The Labute approximate surface area is 154 Å². The van der Waals surface area contributed by atoms with Crippen LogP contribution in [0.4, 0.5) is 5.69 Å². The van der Waals surface area contributed by atoms with Crippen LogP contribution in [0.1, 0.15) is 19.4 Å². The van der Waals surface area contributed by atoms with Gasteiger partial charge in [0, 0.05) is 4.47 Å². The van der Waals surface area contributed by atoms with Gasteiger partial charge in [0.25, 0.3) is 10.0 Å². The zero-order valence-corrected chi connectivity index (χ0v) is 16.8. The topological polar surface area (TPSA) is 75.3 Å². The van der Waals surface area contributed by atoms with Crippen molar-refractivity contribution in [1.29, 1.82) is 0 Å². The standard InChI is InChI=1S/C16H19BrN2O3S2/c1-10(2)15(19-24(21,22)14-5-4-8-23-14)16(20)18-13-7-6-11(3)9-12(13)17/h4-10,15,19H,1-3H3,(H,18,20). The molecule has 1 aromatic carbocycles. The monoisotopic (exact) mass is 430 g/mol. The Morgan fingerprint density at radius 3 is 2.50 bits per heavy atom. The van der Waals surface area contributed by atoms with Gasteiger partial charge in [0.15, 0.2) is 0 Å². The molecule has 0 saturated heterocycles. The largest absolute Gasteiger partial charge is 0.324 e. The van der Waals surface area contributed by atoms with E-state index in [0.717, 1.165) is 21.4 Å². The molecule has 1 amide bonds. The van der Waals surface area contributed by atoms with E-state index in [1.54, 1.807) is 31.4 Å². The summed E-state index contributed by atoms with van der Waals surface area (Å²) in [7, 11) is -3.72. The molecule has 0 spiro atoms. The highest BCUT2D eigenvalue weighted by molar-refractivity contribution is 9.10. The number of carbonyl (C=O) groups excluding carboxylic acids is 1. The Morgan fingerprint density at radius 2 is 1.96 bits per heavy atom. The number of halogens is 1. The Hall–Kier alpha value is -1.22. The summed E-state index contributed by atoms with van der Waals surface area (Å²) in [6.07, 6.45) is 0. The van der Waals surface area contributed by atoms with E-state index < -0.39 is 22.0 Å². The van der Waals surface area contributed by atoms with Crippen LogP contribution in [0.3, 0.4) is 0 Å². The van der Waals surface area contributed by atoms with E-state index in [4.69, 9.17) is 0 Å². The zero-order valence-electron chi connectivity index (χ0n) is 13.5. The number of sulfonamides is 1. The van der Waals surface area contributed by atoms with Crippen LogP contribution in [-0.4, -0.2) is 20.4 Å². The lowest BCUT2D eigenvalue weighted by molar-refractivity contribution is -0.118. The number of hydrogen-bond acceptors (Lipinski definition) is 4. The van der Waals surface area contributed by atoms with E-state index in [1.165, 1.54) is 6.07 Å². The first-order valence-corrected chi connectivity index (χ1v) is 10.5. The van der Waals surface area contributed by atoms with Crippen molar-refractivity contribution in [3.63, 3.8) is 0 Å². The second-order valence-electron chi connectivity index (χ2n) is 5.75. The van der Waals surface area contributed by atoms with Crippen molar-refractivity contribution in [2.75, 3.05) is 5.32 Å². The maximum atomic E-state index is 12.6. The normalized spacial score (nSPS) is 13.0. The molecule has 0 aliphatic heterocycles. The molecule has 0 saturated carbocycles. The smallest absolute Gasteiger partial charge is 0.250 e. The first-order chi connectivity index (χ1) is 11.2. The molecule has 24 heavy (non-hydrogen) atoms. The van der Waals surface area contributed by atoms with Crippen LogP contribution in [0.5, 0.6) is 0 Å². The summed E-state index contributed by atoms with van der Waals surface area (Å²) in [5.41, 5.74) is 1.66. The summed E-state index contributed by atoms with van der Waals surface area (Å²) in [6.45, 7) is 5.54. The lowest BCUT2D eigenvalue weighted by atomic mass is 10.0. The number of aryl methyl sites for hydroxylation is 1. The number of benzene rings is 1. The van der Waals surface area contributed by atoms with Crippen LogP contribution in [0.15, 0.2) is 44.4 Å². The fourth-order valence-electron chi connectivity index (χ4n) is 2.07. The molecular formula is C16H19BrN2O3S2. The molecule has 1 unspecified atom stereocenters. The minimum absolute atomic E-state index is 0.192. The second-order valence-corrected chi connectivity index (χ2v) is 9.49. The molecule has 130 valence electrons. The fraction of sp³-hybridized carbons (Fsp3) is 0.312. The van der Waals surface area contributed by atoms with Crippen LogP contribution in [-0.2, 0) is 14.8 Å². The van der Waals surface area contributed by atoms with E-state index >= 15 is 0 Å². The van der Waals surface area contributed by atoms with Gasteiger partial charge in [-0.15, -0.1) is 11.3 Å². The number of nitrogens with one attached hydrogen (secondary N) is 2. The third-order valence-corrected chi connectivity index (χ3v) is 6.87. The van der Waals surface area contributed by atoms with Crippen molar-refractivity contribution < 1.29 is 13.2 Å². The molecule has 2 aromatic rings.